The summed E-state index contributed by atoms with van der Waals surface area (Å²) in [5, 5.41) is 5.27. The molecule has 0 unspecified atom stereocenters. The minimum absolute atomic E-state index is 0.0924. The Bertz CT molecular complexity index is 1050. The molecule has 0 bridgehead atoms. The predicted molar refractivity (Wildman–Crippen MR) is 122 cm³/mol. The molecule has 2 aromatic carbocycles. The summed E-state index contributed by atoms with van der Waals surface area (Å²) in [6.07, 6.45) is 0. The average Bonchev–Trinajstić information content (AvgIpc) is 3.22. The van der Waals surface area contributed by atoms with E-state index < -0.39 is 0 Å². The van der Waals surface area contributed by atoms with Crippen molar-refractivity contribution in [2.75, 3.05) is 33.3 Å². The molecular formula is C24H29N3O2S. The van der Waals surface area contributed by atoms with Crippen LogP contribution in [0.15, 0.2) is 41.8 Å². The lowest BCUT2D eigenvalue weighted by Crippen LogP contribution is -2.48. The van der Waals surface area contributed by atoms with Crippen molar-refractivity contribution in [3.63, 3.8) is 0 Å². The number of fused-ring (bicyclic) bond motifs is 1. The first-order chi connectivity index (χ1) is 14.4. The van der Waals surface area contributed by atoms with Crippen LogP contribution in [0.4, 0.5) is 0 Å². The number of thiazole rings is 1. The number of methoxy groups -OCH3 is 1. The highest BCUT2D eigenvalue weighted by atomic mass is 32.1. The molecule has 158 valence electrons. The molecule has 0 N–H and O–H groups in total. The Morgan fingerprint density at radius 3 is 2.40 bits per heavy atom. The summed E-state index contributed by atoms with van der Waals surface area (Å²) in [6, 6.07) is 11.7. The first-order valence-corrected chi connectivity index (χ1v) is 11.3. The maximum absolute atomic E-state index is 13.2. The smallest absolute Gasteiger partial charge is 0.254 e. The number of carbonyl (C=O) groups is 1. The van der Waals surface area contributed by atoms with E-state index in [0.717, 1.165) is 60.5 Å². The molecular weight excluding hydrogens is 394 g/mol. The van der Waals surface area contributed by atoms with Crippen LogP contribution in [0.1, 0.15) is 41.8 Å². The number of piperazine rings is 1. The maximum atomic E-state index is 13.2. The highest BCUT2D eigenvalue weighted by molar-refractivity contribution is 7.09. The minimum Gasteiger partial charge on any atom is -0.496 e. The summed E-state index contributed by atoms with van der Waals surface area (Å²) in [4.78, 5) is 22.4. The molecule has 1 saturated heterocycles. The van der Waals surface area contributed by atoms with E-state index in [2.05, 4.69) is 31.1 Å². The topological polar surface area (TPSA) is 45.7 Å². The molecule has 0 saturated carbocycles. The number of ether oxygens (including phenoxy) is 1. The molecule has 1 aromatic heterocycles. The van der Waals surface area contributed by atoms with Gasteiger partial charge in [0, 0.05) is 54.5 Å². The predicted octanol–water partition coefficient (Wildman–Crippen LogP) is 4.56. The molecule has 1 amide bonds. The van der Waals surface area contributed by atoms with E-state index in [-0.39, 0.29) is 11.3 Å². The Morgan fingerprint density at radius 1 is 1.07 bits per heavy atom. The van der Waals surface area contributed by atoms with Gasteiger partial charge in [-0.05, 0) is 17.5 Å². The van der Waals surface area contributed by atoms with Crippen molar-refractivity contribution in [1.82, 2.24) is 14.8 Å². The van der Waals surface area contributed by atoms with E-state index in [4.69, 9.17) is 9.72 Å². The van der Waals surface area contributed by atoms with Gasteiger partial charge in [0.05, 0.1) is 17.8 Å². The molecule has 3 aromatic rings. The van der Waals surface area contributed by atoms with Crippen LogP contribution in [0.2, 0.25) is 0 Å². The number of rotatable bonds is 4. The van der Waals surface area contributed by atoms with Crippen molar-refractivity contribution in [1.29, 1.82) is 0 Å². The normalized spacial score (nSPS) is 15.5. The first-order valence-electron chi connectivity index (χ1n) is 10.4. The van der Waals surface area contributed by atoms with Gasteiger partial charge in [-0.1, -0.05) is 45.0 Å². The molecule has 1 fully saturated rings. The summed E-state index contributed by atoms with van der Waals surface area (Å²) >= 11 is 1.74. The van der Waals surface area contributed by atoms with E-state index >= 15 is 0 Å². The second-order valence-corrected chi connectivity index (χ2v) is 9.68. The highest BCUT2D eigenvalue weighted by Crippen LogP contribution is 2.29. The fourth-order valence-electron chi connectivity index (χ4n) is 3.87. The number of hydrogen-bond donors (Lipinski definition) is 0. The Balaban J connectivity index is 1.43. The summed E-state index contributed by atoms with van der Waals surface area (Å²) in [5.74, 6) is 0.891. The molecule has 0 radical (unpaired) electrons. The molecule has 0 atom stereocenters. The number of amides is 1. The molecule has 4 rings (SSSR count). The number of carbonyl (C=O) groups excluding carboxylic acids is 1. The molecule has 2 heterocycles. The summed E-state index contributed by atoms with van der Waals surface area (Å²) < 4.78 is 5.46. The SMILES string of the molecule is COc1ccc(C(=O)N2CCN(Cc3csc(C(C)(C)C)n3)CC2)c2ccccc12. The summed E-state index contributed by atoms with van der Waals surface area (Å²) in [7, 11) is 1.66. The van der Waals surface area contributed by atoms with Crippen LogP contribution in [0.5, 0.6) is 5.75 Å². The Hall–Kier alpha value is -2.44. The zero-order valence-electron chi connectivity index (χ0n) is 18.1. The maximum Gasteiger partial charge on any atom is 0.254 e. The van der Waals surface area contributed by atoms with E-state index in [0.29, 0.717) is 0 Å². The lowest BCUT2D eigenvalue weighted by molar-refractivity contribution is 0.0629. The largest absolute Gasteiger partial charge is 0.496 e. The van der Waals surface area contributed by atoms with Crippen molar-refractivity contribution in [2.45, 2.75) is 32.7 Å². The van der Waals surface area contributed by atoms with Crippen LogP contribution in [-0.4, -0.2) is 54.0 Å². The van der Waals surface area contributed by atoms with Crippen molar-refractivity contribution in [2.24, 2.45) is 0 Å². The van der Waals surface area contributed by atoms with Crippen molar-refractivity contribution < 1.29 is 9.53 Å². The fraction of sp³-hybridized carbons (Fsp3) is 0.417. The van der Waals surface area contributed by atoms with E-state index in [1.807, 2.05) is 41.3 Å². The van der Waals surface area contributed by atoms with Crippen LogP contribution in [0.25, 0.3) is 10.8 Å². The third-order valence-corrected chi connectivity index (χ3v) is 6.89. The summed E-state index contributed by atoms with van der Waals surface area (Å²) in [6.45, 7) is 10.6. The van der Waals surface area contributed by atoms with Gasteiger partial charge in [-0.25, -0.2) is 4.98 Å². The van der Waals surface area contributed by atoms with Crippen molar-refractivity contribution in [3.8, 4) is 5.75 Å². The average molecular weight is 424 g/mol. The number of hydrogen-bond acceptors (Lipinski definition) is 5. The third-order valence-electron chi connectivity index (χ3n) is 5.57. The Kier molecular flexibility index (Phi) is 5.80. The van der Waals surface area contributed by atoms with E-state index in [9.17, 15) is 4.79 Å². The van der Waals surface area contributed by atoms with Gasteiger partial charge in [0.15, 0.2) is 0 Å². The monoisotopic (exact) mass is 423 g/mol. The van der Waals surface area contributed by atoms with Gasteiger partial charge in [-0.15, -0.1) is 11.3 Å². The highest BCUT2D eigenvalue weighted by Gasteiger charge is 2.25. The van der Waals surface area contributed by atoms with Crippen molar-refractivity contribution in [3.05, 3.63) is 58.0 Å². The number of benzene rings is 2. The fourth-order valence-corrected chi connectivity index (χ4v) is 4.77. The van der Waals surface area contributed by atoms with Gasteiger partial charge in [-0.3, -0.25) is 9.69 Å². The Morgan fingerprint density at radius 2 is 1.77 bits per heavy atom. The second-order valence-electron chi connectivity index (χ2n) is 8.82. The quantitative estimate of drug-likeness (QED) is 0.617. The van der Waals surface area contributed by atoms with Crippen LogP contribution < -0.4 is 4.74 Å². The molecule has 0 spiro atoms. The lowest BCUT2D eigenvalue weighted by atomic mass is 9.98. The molecule has 5 nitrogen and oxygen atoms in total. The standard InChI is InChI=1S/C24H29N3O2S/c1-24(2,3)23-25-17(16-30-23)15-26-11-13-27(14-12-26)22(28)20-9-10-21(29-4)19-8-6-5-7-18(19)20/h5-10,16H,11-15H2,1-4H3. The zero-order valence-corrected chi connectivity index (χ0v) is 19.0. The van der Waals surface area contributed by atoms with Gasteiger partial charge in [-0.2, -0.15) is 0 Å². The van der Waals surface area contributed by atoms with Crippen molar-refractivity contribution >= 4 is 28.0 Å². The lowest BCUT2D eigenvalue weighted by Gasteiger charge is -2.34. The molecule has 1 aliphatic heterocycles. The van der Waals surface area contributed by atoms with E-state index in [1.165, 1.54) is 5.01 Å². The number of nitrogens with zero attached hydrogens (tertiary/aromatic N) is 3. The first kappa shape index (κ1) is 20.8. The van der Waals surface area contributed by atoms with E-state index in [1.54, 1.807) is 18.4 Å². The van der Waals surface area contributed by atoms with Gasteiger partial charge >= 0.3 is 0 Å². The number of aromatic nitrogens is 1. The molecule has 30 heavy (non-hydrogen) atoms. The van der Waals surface area contributed by atoms with Crippen LogP contribution >= 0.6 is 11.3 Å². The van der Waals surface area contributed by atoms with Crippen LogP contribution in [0, 0.1) is 0 Å². The second kappa shape index (κ2) is 8.36. The molecule has 0 aliphatic carbocycles. The summed E-state index contributed by atoms with van der Waals surface area (Å²) in [5.41, 5.74) is 1.97. The van der Waals surface area contributed by atoms with Gasteiger partial charge < -0.3 is 9.64 Å². The third kappa shape index (κ3) is 4.20. The minimum atomic E-state index is 0.0924. The van der Waals surface area contributed by atoms with Gasteiger partial charge in [0.2, 0.25) is 0 Å². The molecule has 6 heteroatoms. The van der Waals surface area contributed by atoms with Gasteiger partial charge in [0.25, 0.3) is 5.91 Å². The van der Waals surface area contributed by atoms with Crippen LogP contribution in [0.3, 0.4) is 0 Å². The molecule has 1 aliphatic rings. The van der Waals surface area contributed by atoms with Crippen LogP contribution in [-0.2, 0) is 12.0 Å². The van der Waals surface area contributed by atoms with Gasteiger partial charge in [0.1, 0.15) is 5.75 Å². The zero-order chi connectivity index (χ0) is 21.3. The Labute approximate surface area is 182 Å².